The normalized spacial score (nSPS) is 19.0. The van der Waals surface area contributed by atoms with E-state index in [2.05, 4.69) is 4.98 Å². The fraction of sp³-hybridized carbons (Fsp3) is 0.538. The first-order valence-corrected chi connectivity index (χ1v) is 6.65. The molecule has 1 fully saturated rings. The predicted molar refractivity (Wildman–Crippen MR) is 69.9 cm³/mol. The van der Waals surface area contributed by atoms with E-state index in [9.17, 15) is 4.79 Å². The van der Waals surface area contributed by atoms with Gasteiger partial charge in [-0.25, -0.2) is 4.98 Å². The zero-order chi connectivity index (χ0) is 13.0. The number of nitrogens with zero attached hydrogens (tertiary/aromatic N) is 2. The molecular formula is C13H17ClN2O2. The number of halogens is 1. The Morgan fingerprint density at radius 1 is 1.61 bits per heavy atom. The molecule has 1 aliphatic heterocycles. The number of likely N-dealkylation sites (tertiary alicyclic amines) is 1. The topological polar surface area (TPSA) is 42.4 Å². The van der Waals surface area contributed by atoms with Crippen LogP contribution in [0.4, 0.5) is 0 Å². The number of aryl methyl sites for hydroxylation is 1. The number of pyridine rings is 1. The van der Waals surface area contributed by atoms with E-state index in [1.165, 1.54) is 0 Å². The highest BCUT2D eigenvalue weighted by Gasteiger charge is 2.27. The van der Waals surface area contributed by atoms with Crippen molar-refractivity contribution in [1.29, 1.82) is 0 Å². The summed E-state index contributed by atoms with van der Waals surface area (Å²) < 4.78 is 5.75. The number of amides is 1. The molecule has 0 saturated carbocycles. The summed E-state index contributed by atoms with van der Waals surface area (Å²) in [6.45, 7) is 3.36. The molecule has 1 unspecified atom stereocenters. The Morgan fingerprint density at radius 3 is 3.11 bits per heavy atom. The first kappa shape index (κ1) is 13.1. The monoisotopic (exact) mass is 268 g/mol. The van der Waals surface area contributed by atoms with Crippen LogP contribution in [0.5, 0.6) is 5.88 Å². The average Bonchev–Trinajstić information content (AvgIpc) is 2.81. The molecule has 4 nitrogen and oxygen atoms in total. The summed E-state index contributed by atoms with van der Waals surface area (Å²) in [6, 6.07) is 3.83. The van der Waals surface area contributed by atoms with Crippen LogP contribution in [-0.4, -0.2) is 40.9 Å². The standard InChI is InChI=1S/C13H17ClN2O2/c1-10-2-3-12(15-8-10)18-11-5-7-16(9-11)13(17)4-6-14/h2-3,8,11H,4-7,9H2,1H3. The van der Waals surface area contributed by atoms with Gasteiger partial charge in [-0.2, -0.15) is 0 Å². The van der Waals surface area contributed by atoms with Gasteiger partial charge in [0, 0.05) is 37.5 Å². The molecule has 1 aromatic rings. The van der Waals surface area contributed by atoms with E-state index >= 15 is 0 Å². The molecule has 0 aromatic carbocycles. The van der Waals surface area contributed by atoms with Crippen LogP contribution in [0, 0.1) is 6.92 Å². The molecule has 0 aliphatic carbocycles. The molecule has 1 atom stereocenters. The summed E-state index contributed by atoms with van der Waals surface area (Å²) in [5, 5.41) is 0. The molecule has 1 aromatic heterocycles. The zero-order valence-electron chi connectivity index (χ0n) is 10.4. The highest BCUT2D eigenvalue weighted by molar-refractivity contribution is 6.18. The van der Waals surface area contributed by atoms with Crippen molar-refractivity contribution in [2.75, 3.05) is 19.0 Å². The Labute approximate surface area is 112 Å². The lowest BCUT2D eigenvalue weighted by molar-refractivity contribution is -0.130. The molecule has 2 heterocycles. The molecule has 0 N–H and O–H groups in total. The number of rotatable bonds is 4. The molecule has 0 bridgehead atoms. The number of ether oxygens (including phenoxy) is 1. The van der Waals surface area contributed by atoms with Gasteiger partial charge < -0.3 is 9.64 Å². The van der Waals surface area contributed by atoms with Crippen LogP contribution < -0.4 is 4.74 Å². The van der Waals surface area contributed by atoms with Crippen molar-refractivity contribution in [2.45, 2.75) is 25.9 Å². The van der Waals surface area contributed by atoms with E-state index in [-0.39, 0.29) is 12.0 Å². The second-order valence-electron chi connectivity index (χ2n) is 4.48. The number of carbonyl (C=O) groups excluding carboxylic acids is 1. The van der Waals surface area contributed by atoms with Gasteiger partial charge in [-0.15, -0.1) is 11.6 Å². The minimum atomic E-state index is 0.0412. The molecule has 1 amide bonds. The first-order valence-electron chi connectivity index (χ1n) is 6.12. The maximum atomic E-state index is 11.7. The van der Waals surface area contributed by atoms with Gasteiger partial charge in [0.05, 0.1) is 6.54 Å². The van der Waals surface area contributed by atoms with Crippen LogP contribution in [-0.2, 0) is 4.79 Å². The van der Waals surface area contributed by atoms with Crippen molar-refractivity contribution in [1.82, 2.24) is 9.88 Å². The number of alkyl halides is 1. The van der Waals surface area contributed by atoms with Gasteiger partial charge in [-0.05, 0) is 12.5 Å². The van der Waals surface area contributed by atoms with E-state index in [1.807, 2.05) is 19.1 Å². The van der Waals surface area contributed by atoms with Crippen LogP contribution in [0.3, 0.4) is 0 Å². The van der Waals surface area contributed by atoms with E-state index < -0.39 is 0 Å². The average molecular weight is 269 g/mol. The van der Waals surface area contributed by atoms with Crippen molar-refractivity contribution in [3.8, 4) is 5.88 Å². The van der Waals surface area contributed by atoms with E-state index in [0.717, 1.165) is 18.5 Å². The molecule has 2 rings (SSSR count). The number of aromatic nitrogens is 1. The maximum absolute atomic E-state index is 11.7. The summed E-state index contributed by atoms with van der Waals surface area (Å²) in [7, 11) is 0. The largest absolute Gasteiger partial charge is 0.472 e. The number of carbonyl (C=O) groups is 1. The number of hydrogen-bond donors (Lipinski definition) is 0. The van der Waals surface area contributed by atoms with Gasteiger partial charge in [0.1, 0.15) is 6.10 Å². The lowest BCUT2D eigenvalue weighted by Crippen LogP contribution is -2.31. The second-order valence-corrected chi connectivity index (χ2v) is 4.86. The Balaban J connectivity index is 1.86. The smallest absolute Gasteiger partial charge is 0.223 e. The van der Waals surface area contributed by atoms with Gasteiger partial charge in [-0.1, -0.05) is 6.07 Å². The van der Waals surface area contributed by atoms with Crippen molar-refractivity contribution in [3.05, 3.63) is 23.9 Å². The predicted octanol–water partition coefficient (Wildman–Crippen LogP) is 2.00. The first-order chi connectivity index (χ1) is 8.69. The van der Waals surface area contributed by atoms with Gasteiger partial charge in [0.25, 0.3) is 0 Å². The number of hydrogen-bond acceptors (Lipinski definition) is 3. The highest BCUT2D eigenvalue weighted by Crippen LogP contribution is 2.17. The lowest BCUT2D eigenvalue weighted by Gasteiger charge is -2.16. The minimum Gasteiger partial charge on any atom is -0.472 e. The van der Waals surface area contributed by atoms with Crippen molar-refractivity contribution >= 4 is 17.5 Å². The second kappa shape index (κ2) is 6.05. The Kier molecular flexibility index (Phi) is 4.42. The van der Waals surface area contributed by atoms with Gasteiger partial charge in [0.15, 0.2) is 0 Å². The van der Waals surface area contributed by atoms with Gasteiger partial charge in [0.2, 0.25) is 11.8 Å². The SMILES string of the molecule is Cc1ccc(OC2CCN(C(=O)CCCl)C2)nc1. The van der Waals surface area contributed by atoms with Crippen LogP contribution in [0.1, 0.15) is 18.4 Å². The molecule has 5 heteroatoms. The molecule has 18 heavy (non-hydrogen) atoms. The van der Waals surface area contributed by atoms with E-state index in [1.54, 1.807) is 11.1 Å². The Bertz CT molecular complexity index is 408. The van der Waals surface area contributed by atoms with Gasteiger partial charge in [-0.3, -0.25) is 4.79 Å². The van der Waals surface area contributed by atoms with Crippen LogP contribution >= 0.6 is 11.6 Å². The van der Waals surface area contributed by atoms with Crippen molar-refractivity contribution in [2.24, 2.45) is 0 Å². The molecule has 1 aliphatic rings. The fourth-order valence-electron chi connectivity index (χ4n) is 1.98. The summed E-state index contributed by atoms with van der Waals surface area (Å²) in [6.07, 6.45) is 3.07. The van der Waals surface area contributed by atoms with Crippen LogP contribution in [0.25, 0.3) is 0 Å². The molecular weight excluding hydrogens is 252 g/mol. The lowest BCUT2D eigenvalue weighted by atomic mass is 10.3. The Morgan fingerprint density at radius 2 is 2.44 bits per heavy atom. The minimum absolute atomic E-state index is 0.0412. The van der Waals surface area contributed by atoms with E-state index in [0.29, 0.717) is 24.7 Å². The van der Waals surface area contributed by atoms with Gasteiger partial charge >= 0.3 is 0 Å². The molecule has 0 radical (unpaired) electrons. The molecule has 1 saturated heterocycles. The highest BCUT2D eigenvalue weighted by atomic mass is 35.5. The summed E-state index contributed by atoms with van der Waals surface area (Å²) in [5.41, 5.74) is 1.10. The molecule has 0 spiro atoms. The third-order valence-corrected chi connectivity index (χ3v) is 3.17. The third-order valence-electron chi connectivity index (χ3n) is 2.98. The van der Waals surface area contributed by atoms with Crippen LogP contribution in [0.15, 0.2) is 18.3 Å². The summed E-state index contributed by atoms with van der Waals surface area (Å²) in [4.78, 5) is 17.7. The summed E-state index contributed by atoms with van der Waals surface area (Å²) >= 11 is 5.57. The molecule has 98 valence electrons. The van der Waals surface area contributed by atoms with Crippen molar-refractivity contribution in [3.63, 3.8) is 0 Å². The zero-order valence-corrected chi connectivity index (χ0v) is 11.2. The van der Waals surface area contributed by atoms with Crippen molar-refractivity contribution < 1.29 is 9.53 Å². The maximum Gasteiger partial charge on any atom is 0.223 e. The van der Waals surface area contributed by atoms with E-state index in [4.69, 9.17) is 16.3 Å². The summed E-state index contributed by atoms with van der Waals surface area (Å²) in [5.74, 6) is 1.10. The van der Waals surface area contributed by atoms with Crippen LogP contribution in [0.2, 0.25) is 0 Å². The third kappa shape index (κ3) is 3.35. The fourth-order valence-corrected chi connectivity index (χ4v) is 2.15. The quantitative estimate of drug-likeness (QED) is 0.785. The Hall–Kier alpha value is -1.29.